The molecular weight excluding hydrogens is 306 g/mol. The van der Waals surface area contributed by atoms with Gasteiger partial charge in [-0.1, -0.05) is 67.6 Å². The first-order valence-corrected chi connectivity index (χ1v) is 9.68. The highest BCUT2D eigenvalue weighted by Gasteiger charge is 2.39. The number of hydrogen-bond acceptors (Lipinski definition) is 2. The van der Waals surface area contributed by atoms with Crippen LogP contribution in [-0.2, 0) is 4.74 Å². The van der Waals surface area contributed by atoms with Crippen LogP contribution in [0.15, 0.2) is 60.7 Å². The van der Waals surface area contributed by atoms with Crippen LogP contribution in [-0.4, -0.2) is 30.1 Å². The summed E-state index contributed by atoms with van der Waals surface area (Å²) in [5.74, 6) is 0.853. The number of benzene rings is 2. The van der Waals surface area contributed by atoms with E-state index in [0.717, 1.165) is 18.8 Å². The maximum absolute atomic E-state index is 6.76. The fourth-order valence-corrected chi connectivity index (χ4v) is 4.79. The lowest BCUT2D eigenvalue weighted by molar-refractivity contribution is -0.0796. The first-order valence-electron chi connectivity index (χ1n) is 9.68. The first-order chi connectivity index (χ1) is 12.2. The van der Waals surface area contributed by atoms with Crippen LogP contribution in [0.1, 0.15) is 49.8 Å². The molecule has 2 fully saturated rings. The number of hydrogen-bond donors (Lipinski definition) is 0. The van der Waals surface area contributed by atoms with E-state index < -0.39 is 0 Å². The molecule has 4 rings (SSSR count). The molecule has 2 aromatic carbocycles. The van der Waals surface area contributed by atoms with Crippen LogP contribution in [0.25, 0.3) is 0 Å². The molecule has 2 heteroatoms. The minimum absolute atomic E-state index is 0.0361. The van der Waals surface area contributed by atoms with Crippen LogP contribution in [0.2, 0.25) is 0 Å². The van der Waals surface area contributed by atoms with Gasteiger partial charge in [0.2, 0.25) is 0 Å². The zero-order valence-electron chi connectivity index (χ0n) is 15.3. The summed E-state index contributed by atoms with van der Waals surface area (Å²) >= 11 is 0. The van der Waals surface area contributed by atoms with Crippen molar-refractivity contribution in [2.45, 2.75) is 56.9 Å². The van der Waals surface area contributed by atoms with Crippen molar-refractivity contribution in [3.8, 4) is 0 Å². The van der Waals surface area contributed by atoms with Gasteiger partial charge in [-0.25, -0.2) is 0 Å². The summed E-state index contributed by atoms with van der Waals surface area (Å²) in [6.07, 6.45) is 5.33. The van der Waals surface area contributed by atoms with Gasteiger partial charge < -0.3 is 9.64 Å². The Morgan fingerprint density at radius 3 is 1.76 bits per heavy atom. The fraction of sp³-hybridized carbons (Fsp3) is 0.478. The molecule has 2 heterocycles. The molecule has 2 bridgehead atoms. The van der Waals surface area contributed by atoms with Gasteiger partial charge >= 0.3 is 0 Å². The predicted octanol–water partition coefficient (Wildman–Crippen LogP) is 5.05. The molecule has 2 nitrogen and oxygen atoms in total. The fourth-order valence-electron chi connectivity index (χ4n) is 4.79. The number of nitrogens with zero attached hydrogens (tertiary/aromatic N) is 1. The van der Waals surface area contributed by atoms with Crippen molar-refractivity contribution < 1.29 is 4.74 Å². The van der Waals surface area contributed by atoms with Crippen molar-refractivity contribution in [2.24, 2.45) is 5.92 Å². The second kappa shape index (κ2) is 7.31. The standard InChI is InChI=1S/C23H29NO/c1-17-13-20-15-22(16-21(14-17)24(20)2)25-23(18-9-5-3-6-10-18)19-11-7-4-8-12-19/h3-12,17,20-23H,13-16H2,1-2H3. The van der Waals surface area contributed by atoms with Crippen LogP contribution in [0, 0.1) is 5.92 Å². The molecule has 2 saturated heterocycles. The highest BCUT2D eigenvalue weighted by molar-refractivity contribution is 5.30. The molecule has 2 aliphatic rings. The minimum Gasteiger partial charge on any atom is -0.365 e. The van der Waals surface area contributed by atoms with E-state index in [2.05, 4.69) is 79.5 Å². The predicted molar refractivity (Wildman–Crippen MR) is 103 cm³/mol. The summed E-state index contributed by atoms with van der Waals surface area (Å²) in [5.41, 5.74) is 2.51. The van der Waals surface area contributed by atoms with E-state index in [9.17, 15) is 0 Å². The third-order valence-corrected chi connectivity index (χ3v) is 6.10. The van der Waals surface area contributed by atoms with Crippen molar-refractivity contribution in [2.75, 3.05) is 7.05 Å². The topological polar surface area (TPSA) is 12.5 Å². The van der Waals surface area contributed by atoms with Gasteiger partial charge in [0.1, 0.15) is 6.10 Å². The Balaban J connectivity index is 1.56. The van der Waals surface area contributed by atoms with Crippen molar-refractivity contribution in [3.63, 3.8) is 0 Å². The van der Waals surface area contributed by atoms with Crippen LogP contribution in [0.5, 0.6) is 0 Å². The lowest BCUT2D eigenvalue weighted by Crippen LogP contribution is -2.53. The molecule has 0 saturated carbocycles. The molecule has 0 N–H and O–H groups in total. The van der Waals surface area contributed by atoms with Crippen LogP contribution in [0.3, 0.4) is 0 Å². The largest absolute Gasteiger partial charge is 0.365 e. The zero-order chi connectivity index (χ0) is 17.2. The monoisotopic (exact) mass is 335 g/mol. The maximum atomic E-state index is 6.76. The Bertz CT molecular complexity index is 616. The number of piperidine rings is 2. The highest BCUT2D eigenvalue weighted by Crippen LogP contribution is 2.39. The van der Waals surface area contributed by atoms with Crippen LogP contribution < -0.4 is 0 Å². The summed E-state index contributed by atoms with van der Waals surface area (Å²) in [5, 5.41) is 0. The van der Waals surface area contributed by atoms with Gasteiger partial charge in [0, 0.05) is 12.1 Å². The molecule has 25 heavy (non-hydrogen) atoms. The van der Waals surface area contributed by atoms with Gasteiger partial charge in [0.15, 0.2) is 0 Å². The first kappa shape index (κ1) is 16.8. The van der Waals surface area contributed by atoms with Gasteiger partial charge in [-0.2, -0.15) is 0 Å². The normalized spacial score (nSPS) is 29.7. The Kier molecular flexibility index (Phi) is 4.91. The lowest BCUT2D eigenvalue weighted by atomic mass is 9.78. The van der Waals surface area contributed by atoms with E-state index in [1.807, 2.05) is 0 Å². The average molecular weight is 335 g/mol. The SMILES string of the molecule is CC1CC2CC(OC(c3ccccc3)c3ccccc3)CC(C1)N2C. The lowest BCUT2D eigenvalue weighted by Gasteiger charge is -2.49. The Morgan fingerprint density at radius 1 is 0.800 bits per heavy atom. The van der Waals surface area contributed by atoms with E-state index in [1.54, 1.807) is 0 Å². The van der Waals surface area contributed by atoms with Gasteiger partial charge in [-0.05, 0) is 49.8 Å². The van der Waals surface area contributed by atoms with Crippen molar-refractivity contribution in [1.29, 1.82) is 0 Å². The van der Waals surface area contributed by atoms with Crippen LogP contribution in [0.4, 0.5) is 0 Å². The van der Waals surface area contributed by atoms with Gasteiger partial charge in [0.25, 0.3) is 0 Å². The summed E-state index contributed by atoms with van der Waals surface area (Å²) in [7, 11) is 2.31. The quantitative estimate of drug-likeness (QED) is 0.775. The molecule has 0 aromatic heterocycles. The third-order valence-electron chi connectivity index (χ3n) is 6.10. The Hall–Kier alpha value is -1.64. The number of fused-ring (bicyclic) bond motifs is 2. The molecule has 2 atom stereocenters. The summed E-state index contributed by atoms with van der Waals surface area (Å²) in [6, 6.07) is 22.7. The Labute approximate surface area is 151 Å². The molecule has 0 radical (unpaired) electrons. The van der Waals surface area contributed by atoms with E-state index in [1.165, 1.54) is 24.0 Å². The minimum atomic E-state index is 0.0361. The molecule has 0 amide bonds. The average Bonchev–Trinajstić information content (AvgIpc) is 2.63. The Morgan fingerprint density at radius 2 is 1.28 bits per heavy atom. The summed E-state index contributed by atoms with van der Waals surface area (Å²) in [4.78, 5) is 2.61. The molecule has 0 spiro atoms. The summed E-state index contributed by atoms with van der Waals surface area (Å²) < 4.78 is 6.76. The molecule has 0 aliphatic carbocycles. The van der Waals surface area contributed by atoms with Gasteiger partial charge in [-0.3, -0.25) is 0 Å². The maximum Gasteiger partial charge on any atom is 0.108 e. The number of ether oxygens (including phenoxy) is 1. The van der Waals surface area contributed by atoms with E-state index >= 15 is 0 Å². The third kappa shape index (κ3) is 3.65. The number of rotatable bonds is 4. The van der Waals surface area contributed by atoms with Crippen molar-refractivity contribution >= 4 is 0 Å². The second-order valence-corrected chi connectivity index (χ2v) is 7.98. The molecule has 2 aliphatic heterocycles. The summed E-state index contributed by atoms with van der Waals surface area (Å²) in [6.45, 7) is 2.41. The molecule has 2 unspecified atom stereocenters. The van der Waals surface area contributed by atoms with E-state index in [-0.39, 0.29) is 6.10 Å². The van der Waals surface area contributed by atoms with Crippen molar-refractivity contribution in [3.05, 3.63) is 71.8 Å². The van der Waals surface area contributed by atoms with E-state index in [0.29, 0.717) is 18.2 Å². The highest BCUT2D eigenvalue weighted by atomic mass is 16.5. The van der Waals surface area contributed by atoms with Crippen molar-refractivity contribution in [1.82, 2.24) is 4.90 Å². The molecular formula is C23H29NO. The molecule has 2 aromatic rings. The molecule has 132 valence electrons. The van der Waals surface area contributed by atoms with E-state index in [4.69, 9.17) is 4.74 Å². The zero-order valence-corrected chi connectivity index (χ0v) is 15.3. The van der Waals surface area contributed by atoms with Gasteiger partial charge in [0.05, 0.1) is 6.10 Å². The van der Waals surface area contributed by atoms with Crippen LogP contribution >= 0.6 is 0 Å². The second-order valence-electron chi connectivity index (χ2n) is 7.98. The smallest absolute Gasteiger partial charge is 0.108 e. The van der Waals surface area contributed by atoms with Gasteiger partial charge in [-0.15, -0.1) is 0 Å².